The Morgan fingerprint density at radius 2 is 0.433 bits per heavy atom. The Bertz CT molecular complexity index is 721. The molecule has 0 aliphatic carbocycles. The predicted octanol–water partition coefficient (Wildman–Crippen LogP) is 18.7. The molecule has 0 fully saturated rings. The molecule has 366 valence electrons. The third-order valence-electron chi connectivity index (χ3n) is 12.3. The zero-order valence-electron chi connectivity index (χ0n) is 41.4. The van der Waals surface area contributed by atoms with Gasteiger partial charge in [-0.2, -0.15) is 0 Å². The van der Waals surface area contributed by atoms with Gasteiger partial charge >= 0.3 is 184 Å². The van der Waals surface area contributed by atoms with Gasteiger partial charge in [0.2, 0.25) is 0 Å². The summed E-state index contributed by atoms with van der Waals surface area (Å²) in [5.74, 6) is 0. The van der Waals surface area contributed by atoms with Crippen molar-refractivity contribution in [1.82, 2.24) is 0 Å². The standard InChI is InChI=1S/C26H57O3P.C26H55O3P/c1-3-5-7-9-11-13-15-17-19-21-23-25-30(27,28,29)26-24-22-20-18-16-14-12-10-8-6-4-2;1-3-5-7-9-11-13-15-17-19-21-23-25-28-30(27)29-26-24-22-20-18-16-14-12-10-8-6-4-2/h27-29H,3-26H2,1-2H3;27H,3-26H2,1-2H3. The van der Waals surface area contributed by atoms with E-state index >= 15 is 0 Å². The summed E-state index contributed by atoms with van der Waals surface area (Å²) in [6.45, 7) is 10.3. The minimum atomic E-state index is -4.36. The van der Waals surface area contributed by atoms with Gasteiger partial charge in [-0.15, -0.1) is 0 Å². The van der Waals surface area contributed by atoms with Crippen LogP contribution in [0, 0.1) is 0 Å². The van der Waals surface area contributed by atoms with Crippen LogP contribution < -0.4 is 0 Å². The third kappa shape index (κ3) is 56.6. The molecule has 0 radical (unpaired) electrons. The van der Waals surface area contributed by atoms with Crippen molar-refractivity contribution in [3.63, 3.8) is 0 Å². The molecule has 0 rings (SSSR count). The molecule has 0 spiro atoms. The van der Waals surface area contributed by atoms with Crippen LogP contribution in [0.15, 0.2) is 0 Å². The quantitative estimate of drug-likeness (QED) is 0.0359. The van der Waals surface area contributed by atoms with Crippen molar-refractivity contribution in [3.05, 3.63) is 0 Å². The van der Waals surface area contributed by atoms with Crippen molar-refractivity contribution in [3.8, 4) is 0 Å². The van der Waals surface area contributed by atoms with Crippen molar-refractivity contribution in [2.24, 2.45) is 0 Å². The van der Waals surface area contributed by atoms with Gasteiger partial charge in [0.15, 0.2) is 0 Å². The molecule has 0 aromatic heterocycles. The van der Waals surface area contributed by atoms with Crippen LogP contribution in [-0.2, 0) is 9.05 Å². The summed E-state index contributed by atoms with van der Waals surface area (Å²) < 4.78 is 10.8. The van der Waals surface area contributed by atoms with Crippen LogP contribution in [0.3, 0.4) is 0 Å². The minimum Gasteiger partial charge on any atom is -0.0654 e. The Labute approximate surface area is 378 Å². The number of rotatable bonds is 50. The molecule has 0 aromatic rings. The molecule has 0 saturated carbocycles. The molecule has 6 nitrogen and oxygen atoms in total. The summed E-state index contributed by atoms with van der Waals surface area (Å²) >= 11 is 0. The van der Waals surface area contributed by atoms with E-state index < -0.39 is 15.9 Å². The first-order chi connectivity index (χ1) is 29.2. The first-order valence-electron chi connectivity index (χ1n) is 27.2. The summed E-state index contributed by atoms with van der Waals surface area (Å²) in [7, 11) is -6.02. The van der Waals surface area contributed by atoms with E-state index in [2.05, 4.69) is 27.7 Å². The van der Waals surface area contributed by atoms with Gasteiger partial charge in [-0.1, -0.05) is 156 Å². The van der Waals surface area contributed by atoms with E-state index in [9.17, 15) is 19.6 Å². The summed E-state index contributed by atoms with van der Waals surface area (Å²) in [5.41, 5.74) is 0. The SMILES string of the molecule is CCCCCCCCCCCCCOP(O)OCCCCCCCCCCCCC.CCCCCCCCCCCCCP(O)(O)(O)CCCCCCCCCCCCC. The smallest absolute Gasteiger partial charge is 0.0654 e. The van der Waals surface area contributed by atoms with Gasteiger partial charge in [0.25, 0.3) is 0 Å². The molecular formula is C52H112O6P2. The monoisotopic (exact) mass is 895 g/mol. The predicted molar refractivity (Wildman–Crippen MR) is 270 cm³/mol. The second-order valence-corrected chi connectivity index (χ2v) is 23.4. The van der Waals surface area contributed by atoms with Gasteiger partial charge in [-0.3, -0.25) is 0 Å². The molecule has 0 aromatic carbocycles. The molecule has 60 heavy (non-hydrogen) atoms. The van der Waals surface area contributed by atoms with Gasteiger partial charge in [-0.05, 0) is 12.8 Å². The number of hydrogen-bond donors (Lipinski definition) is 4. The third-order valence-corrected chi connectivity index (χ3v) is 15.6. The summed E-state index contributed by atoms with van der Waals surface area (Å²) in [6.07, 6.45) is 56.8. The van der Waals surface area contributed by atoms with E-state index in [0.717, 1.165) is 51.4 Å². The average molecular weight is 895 g/mol. The molecule has 0 atom stereocenters. The molecule has 8 heteroatoms. The Kier molecular flexibility index (Phi) is 52.9. The second-order valence-electron chi connectivity index (χ2n) is 18.8. The van der Waals surface area contributed by atoms with Gasteiger partial charge in [0, 0.05) is 0 Å². The fourth-order valence-corrected chi connectivity index (χ4v) is 10.8. The molecular weight excluding hydrogens is 783 g/mol. The Hall–Kier alpha value is 0.620. The zero-order valence-corrected chi connectivity index (χ0v) is 43.2. The number of hydrogen-bond acceptors (Lipinski definition) is 6. The van der Waals surface area contributed by atoms with Gasteiger partial charge in [0.1, 0.15) is 0 Å². The van der Waals surface area contributed by atoms with Crippen LogP contribution in [0.4, 0.5) is 0 Å². The van der Waals surface area contributed by atoms with E-state index in [1.54, 1.807) is 0 Å². The summed E-state index contributed by atoms with van der Waals surface area (Å²) in [4.78, 5) is 40.7. The van der Waals surface area contributed by atoms with Crippen LogP contribution in [-0.4, -0.2) is 45.1 Å². The van der Waals surface area contributed by atoms with Crippen LogP contribution in [0.1, 0.15) is 310 Å². The molecule has 4 N–H and O–H groups in total. The van der Waals surface area contributed by atoms with E-state index in [1.165, 1.54) is 231 Å². The molecule has 0 heterocycles. The zero-order chi connectivity index (χ0) is 44.4. The van der Waals surface area contributed by atoms with E-state index in [4.69, 9.17) is 9.05 Å². The topological polar surface area (TPSA) is 99.4 Å². The van der Waals surface area contributed by atoms with Gasteiger partial charge in [0.05, 0.1) is 13.2 Å². The van der Waals surface area contributed by atoms with Gasteiger partial charge < -0.3 is 13.9 Å². The first kappa shape index (κ1) is 62.7. The molecule has 0 amide bonds. The van der Waals surface area contributed by atoms with Gasteiger partial charge in [-0.25, -0.2) is 0 Å². The maximum atomic E-state index is 10.3. The Morgan fingerprint density at radius 3 is 0.633 bits per heavy atom. The summed E-state index contributed by atoms with van der Waals surface area (Å²) in [6, 6.07) is 0. The van der Waals surface area contributed by atoms with Crippen molar-refractivity contribution in [2.45, 2.75) is 310 Å². The van der Waals surface area contributed by atoms with Crippen molar-refractivity contribution >= 4 is 15.9 Å². The molecule has 0 saturated heterocycles. The van der Waals surface area contributed by atoms with E-state index in [-0.39, 0.29) is 12.3 Å². The van der Waals surface area contributed by atoms with Crippen molar-refractivity contribution < 1.29 is 28.6 Å². The van der Waals surface area contributed by atoms with Crippen LogP contribution >= 0.6 is 15.9 Å². The fourth-order valence-electron chi connectivity index (χ4n) is 8.17. The Balaban J connectivity index is 0. The average Bonchev–Trinajstić information content (AvgIpc) is 3.22. The van der Waals surface area contributed by atoms with Crippen LogP contribution in [0.2, 0.25) is 0 Å². The Morgan fingerprint density at radius 1 is 0.267 bits per heavy atom. The molecule has 0 unspecified atom stereocenters. The van der Waals surface area contributed by atoms with Crippen LogP contribution in [0.25, 0.3) is 0 Å². The molecule has 0 aliphatic heterocycles. The molecule has 0 bridgehead atoms. The first-order valence-corrected chi connectivity index (χ1v) is 30.8. The maximum absolute atomic E-state index is 10.3. The second kappa shape index (κ2) is 50.6. The van der Waals surface area contributed by atoms with E-state index in [0.29, 0.717) is 13.2 Å². The van der Waals surface area contributed by atoms with Crippen molar-refractivity contribution in [2.75, 3.05) is 25.5 Å². The minimum absolute atomic E-state index is 0.209. The molecule has 0 aliphatic rings. The normalized spacial score (nSPS) is 12.5. The van der Waals surface area contributed by atoms with E-state index in [1.807, 2.05) is 0 Å². The summed E-state index contributed by atoms with van der Waals surface area (Å²) in [5, 5.41) is 0. The fraction of sp³-hybridized carbons (Fsp3) is 1.00. The van der Waals surface area contributed by atoms with Crippen LogP contribution in [0.5, 0.6) is 0 Å². The number of unbranched alkanes of at least 4 members (excludes halogenated alkanes) is 40. The van der Waals surface area contributed by atoms with Crippen molar-refractivity contribution in [1.29, 1.82) is 0 Å².